The zero-order valence-corrected chi connectivity index (χ0v) is 14.2. The Hall–Kier alpha value is -2.82. The van der Waals surface area contributed by atoms with E-state index < -0.39 is 0 Å². The van der Waals surface area contributed by atoms with Crippen molar-refractivity contribution in [1.82, 2.24) is 14.9 Å². The Morgan fingerprint density at radius 3 is 2.72 bits per heavy atom. The third kappa shape index (κ3) is 2.76. The number of rotatable bonds is 4. The first kappa shape index (κ1) is 15.7. The average molecular weight is 335 g/mol. The molecule has 1 aliphatic rings. The van der Waals surface area contributed by atoms with Gasteiger partial charge in [0.1, 0.15) is 0 Å². The first-order valence-corrected chi connectivity index (χ1v) is 8.69. The van der Waals surface area contributed by atoms with Crippen LogP contribution in [-0.2, 0) is 6.42 Å². The molecule has 1 fully saturated rings. The highest BCUT2D eigenvalue weighted by Crippen LogP contribution is 2.27. The summed E-state index contributed by atoms with van der Waals surface area (Å²) >= 11 is 0. The standard InChI is InChI=1S/C20H21N3O2/c1-13-11-22-19(24)17-16(12-21-18(13)17)20(25)23-10-9-15(23)8-7-14-5-3-2-4-6-14/h2-6,11-12,15,21H,7-10H2,1H3,(H,22,24). The van der Waals surface area contributed by atoms with Gasteiger partial charge >= 0.3 is 0 Å². The van der Waals surface area contributed by atoms with Crippen LogP contribution in [0, 0.1) is 6.92 Å². The summed E-state index contributed by atoms with van der Waals surface area (Å²) in [4.78, 5) is 32.8. The molecule has 1 amide bonds. The highest BCUT2D eigenvalue weighted by molar-refractivity contribution is 6.07. The molecule has 0 saturated carbocycles. The van der Waals surface area contributed by atoms with Crippen molar-refractivity contribution >= 4 is 16.8 Å². The van der Waals surface area contributed by atoms with E-state index in [0.717, 1.165) is 36.9 Å². The van der Waals surface area contributed by atoms with Gasteiger partial charge in [-0.3, -0.25) is 9.59 Å². The van der Waals surface area contributed by atoms with Crippen LogP contribution >= 0.6 is 0 Å². The minimum atomic E-state index is -0.216. The lowest BCUT2D eigenvalue weighted by molar-refractivity contribution is 0.0447. The van der Waals surface area contributed by atoms with Gasteiger partial charge in [0.15, 0.2) is 0 Å². The number of likely N-dealkylation sites (tertiary alicyclic amines) is 1. The van der Waals surface area contributed by atoms with Crippen molar-refractivity contribution in [2.75, 3.05) is 6.54 Å². The Morgan fingerprint density at radius 1 is 1.20 bits per heavy atom. The molecular formula is C20H21N3O2. The molecule has 5 heteroatoms. The Bertz CT molecular complexity index is 972. The lowest BCUT2D eigenvalue weighted by Crippen LogP contribution is -2.51. The molecule has 1 unspecified atom stereocenters. The van der Waals surface area contributed by atoms with Crippen molar-refractivity contribution in [2.24, 2.45) is 0 Å². The second kappa shape index (κ2) is 6.24. The normalized spacial score (nSPS) is 16.8. The minimum Gasteiger partial charge on any atom is -0.360 e. The summed E-state index contributed by atoms with van der Waals surface area (Å²) in [6.45, 7) is 2.67. The monoisotopic (exact) mass is 335 g/mol. The van der Waals surface area contributed by atoms with Gasteiger partial charge in [-0.15, -0.1) is 0 Å². The number of pyridine rings is 1. The van der Waals surface area contributed by atoms with E-state index >= 15 is 0 Å². The lowest BCUT2D eigenvalue weighted by atomic mass is 9.94. The first-order chi connectivity index (χ1) is 12.1. The maximum Gasteiger partial charge on any atom is 0.258 e. The van der Waals surface area contributed by atoms with Gasteiger partial charge in [-0.2, -0.15) is 0 Å². The SMILES string of the molecule is Cc1c[nH]c(=O)c2c(C(=O)N3CCC3CCc3ccccc3)c[nH]c12. The number of aromatic amines is 2. The van der Waals surface area contributed by atoms with Crippen molar-refractivity contribution in [3.63, 3.8) is 0 Å². The van der Waals surface area contributed by atoms with Crippen LogP contribution < -0.4 is 5.56 Å². The molecule has 0 aliphatic carbocycles. The molecule has 0 spiro atoms. The molecule has 5 nitrogen and oxygen atoms in total. The third-order valence-electron chi connectivity index (χ3n) is 5.17. The molecule has 1 saturated heterocycles. The second-order valence-electron chi connectivity index (χ2n) is 6.72. The van der Waals surface area contributed by atoms with Gasteiger partial charge in [0.2, 0.25) is 0 Å². The van der Waals surface area contributed by atoms with Crippen molar-refractivity contribution in [1.29, 1.82) is 0 Å². The van der Waals surface area contributed by atoms with Crippen molar-refractivity contribution in [2.45, 2.75) is 32.2 Å². The number of carbonyl (C=O) groups excluding carboxylic acids is 1. The van der Waals surface area contributed by atoms with E-state index in [1.165, 1.54) is 5.56 Å². The summed E-state index contributed by atoms with van der Waals surface area (Å²) in [6, 6.07) is 10.6. The number of nitrogens with zero attached hydrogens (tertiary/aromatic N) is 1. The summed E-state index contributed by atoms with van der Waals surface area (Å²) < 4.78 is 0. The second-order valence-corrected chi connectivity index (χ2v) is 6.72. The Morgan fingerprint density at radius 2 is 2.00 bits per heavy atom. The first-order valence-electron chi connectivity index (χ1n) is 8.69. The number of fused-ring (bicyclic) bond motifs is 1. The summed E-state index contributed by atoms with van der Waals surface area (Å²) in [7, 11) is 0. The molecule has 2 aromatic heterocycles. The van der Waals surface area contributed by atoms with Gasteiger partial charge in [0.05, 0.1) is 16.5 Å². The zero-order chi connectivity index (χ0) is 17.4. The van der Waals surface area contributed by atoms with Crippen molar-refractivity contribution < 1.29 is 4.79 Å². The molecule has 1 aromatic carbocycles. The Labute approximate surface area is 145 Å². The molecule has 0 radical (unpaired) electrons. The number of amides is 1. The van der Waals surface area contributed by atoms with Crippen LogP contribution in [0.5, 0.6) is 0 Å². The lowest BCUT2D eigenvalue weighted by Gasteiger charge is -2.41. The smallest absolute Gasteiger partial charge is 0.258 e. The molecular weight excluding hydrogens is 314 g/mol. The van der Waals surface area contributed by atoms with E-state index in [1.54, 1.807) is 12.4 Å². The maximum atomic E-state index is 12.9. The average Bonchev–Trinajstić information content (AvgIpc) is 3.05. The maximum absolute atomic E-state index is 12.9. The largest absolute Gasteiger partial charge is 0.360 e. The van der Waals surface area contributed by atoms with Crippen molar-refractivity contribution in [3.05, 3.63) is 69.8 Å². The molecule has 1 aliphatic heterocycles. The molecule has 25 heavy (non-hydrogen) atoms. The summed E-state index contributed by atoms with van der Waals surface area (Å²) in [5, 5.41) is 0.471. The van der Waals surface area contributed by atoms with Crippen LogP contribution in [0.15, 0.2) is 47.5 Å². The van der Waals surface area contributed by atoms with E-state index in [0.29, 0.717) is 10.9 Å². The van der Waals surface area contributed by atoms with Gasteiger partial charge in [-0.25, -0.2) is 0 Å². The van der Waals surface area contributed by atoms with Crippen molar-refractivity contribution in [3.8, 4) is 0 Å². The molecule has 2 N–H and O–H groups in total. The predicted octanol–water partition coefficient (Wildman–Crippen LogP) is 3.01. The Kier molecular flexibility index (Phi) is 3.92. The fraction of sp³-hybridized carbons (Fsp3) is 0.300. The number of H-pyrrole nitrogens is 2. The van der Waals surface area contributed by atoms with E-state index in [2.05, 4.69) is 22.1 Å². The molecule has 3 aromatic rings. The van der Waals surface area contributed by atoms with E-state index in [9.17, 15) is 9.59 Å². The van der Waals surface area contributed by atoms with E-state index in [-0.39, 0.29) is 17.5 Å². The Balaban J connectivity index is 1.53. The fourth-order valence-electron chi connectivity index (χ4n) is 3.60. The molecule has 128 valence electrons. The number of aromatic nitrogens is 2. The summed E-state index contributed by atoms with van der Waals surface area (Å²) in [5.74, 6) is -0.0494. The van der Waals surface area contributed by atoms with Crippen LogP contribution in [0.1, 0.15) is 34.3 Å². The van der Waals surface area contributed by atoms with E-state index in [4.69, 9.17) is 0 Å². The number of hydrogen-bond acceptors (Lipinski definition) is 2. The molecule has 3 heterocycles. The number of benzene rings is 1. The van der Waals surface area contributed by atoms with Crippen LogP contribution in [0.2, 0.25) is 0 Å². The highest BCUT2D eigenvalue weighted by Gasteiger charge is 2.33. The minimum absolute atomic E-state index is 0.0494. The van der Waals surface area contributed by atoms with Gasteiger partial charge in [-0.05, 0) is 37.3 Å². The quantitative estimate of drug-likeness (QED) is 0.769. The summed E-state index contributed by atoms with van der Waals surface area (Å²) in [5.41, 5.74) is 3.23. The van der Waals surface area contributed by atoms with Gasteiger partial charge < -0.3 is 14.9 Å². The topological polar surface area (TPSA) is 69.0 Å². The predicted molar refractivity (Wildman–Crippen MR) is 97.9 cm³/mol. The number of carbonyl (C=O) groups is 1. The van der Waals surface area contributed by atoms with Gasteiger partial charge in [0, 0.05) is 25.0 Å². The van der Waals surface area contributed by atoms with Crippen LogP contribution in [-0.4, -0.2) is 33.4 Å². The van der Waals surface area contributed by atoms with Gasteiger partial charge in [-0.1, -0.05) is 30.3 Å². The van der Waals surface area contributed by atoms with Crippen LogP contribution in [0.25, 0.3) is 10.9 Å². The number of nitrogens with one attached hydrogen (secondary N) is 2. The summed E-state index contributed by atoms with van der Waals surface area (Å²) in [6.07, 6.45) is 6.27. The fourth-order valence-corrected chi connectivity index (χ4v) is 3.60. The van der Waals surface area contributed by atoms with E-state index in [1.807, 2.05) is 30.0 Å². The molecule has 0 bridgehead atoms. The third-order valence-corrected chi connectivity index (χ3v) is 5.17. The van der Waals surface area contributed by atoms with Crippen LogP contribution in [0.3, 0.4) is 0 Å². The zero-order valence-electron chi connectivity index (χ0n) is 14.2. The van der Waals surface area contributed by atoms with Crippen LogP contribution in [0.4, 0.5) is 0 Å². The molecule has 4 rings (SSSR count). The molecule has 1 atom stereocenters. The van der Waals surface area contributed by atoms with Gasteiger partial charge in [0.25, 0.3) is 11.5 Å². The number of hydrogen-bond donors (Lipinski definition) is 2. The highest BCUT2D eigenvalue weighted by atomic mass is 16.2. The number of aryl methyl sites for hydroxylation is 2.